The minimum absolute atomic E-state index is 0.217. The average molecular weight is 449 g/mol. The number of carbonyl (C=O) groups excluding carboxylic acids is 1. The van der Waals surface area contributed by atoms with Gasteiger partial charge >= 0.3 is 0 Å². The zero-order valence-corrected chi connectivity index (χ0v) is 17.7. The van der Waals surface area contributed by atoms with Crippen molar-refractivity contribution < 1.29 is 22.7 Å². The molecule has 9 heteroatoms. The second-order valence-electron chi connectivity index (χ2n) is 6.93. The van der Waals surface area contributed by atoms with Gasteiger partial charge in [0.25, 0.3) is 5.91 Å². The van der Waals surface area contributed by atoms with Gasteiger partial charge in [-0.3, -0.25) is 4.79 Å². The molecule has 0 bridgehead atoms. The summed E-state index contributed by atoms with van der Waals surface area (Å²) < 4.78 is 37.6. The Labute approximate surface area is 180 Å². The Kier molecular flexibility index (Phi) is 5.99. The zero-order valence-electron chi connectivity index (χ0n) is 16.2. The molecule has 158 valence electrons. The molecular weight excluding hydrogens is 428 g/mol. The van der Waals surface area contributed by atoms with Gasteiger partial charge in [-0.2, -0.15) is 4.31 Å². The summed E-state index contributed by atoms with van der Waals surface area (Å²) >= 11 is 6.23. The lowest BCUT2D eigenvalue weighted by Gasteiger charge is -2.33. The number of rotatable bonds is 4. The lowest BCUT2D eigenvalue weighted by Crippen LogP contribution is -2.50. The van der Waals surface area contributed by atoms with Gasteiger partial charge in [-0.25, -0.2) is 8.42 Å². The first-order valence-corrected chi connectivity index (χ1v) is 11.4. The highest BCUT2D eigenvalue weighted by atomic mass is 35.5. The molecule has 7 nitrogen and oxygen atoms in total. The van der Waals surface area contributed by atoms with Crippen molar-refractivity contribution in [1.82, 2.24) is 9.21 Å². The van der Waals surface area contributed by atoms with E-state index in [1.807, 2.05) is 30.3 Å². The molecule has 1 fully saturated rings. The maximum absolute atomic E-state index is 12.9. The lowest BCUT2D eigenvalue weighted by atomic mass is 10.1. The van der Waals surface area contributed by atoms with Crippen LogP contribution in [0.25, 0.3) is 6.08 Å². The first kappa shape index (κ1) is 20.7. The summed E-state index contributed by atoms with van der Waals surface area (Å²) in [5.41, 5.74) is 1.20. The maximum Gasteiger partial charge on any atom is 0.254 e. The van der Waals surface area contributed by atoms with E-state index in [4.69, 9.17) is 21.1 Å². The first-order chi connectivity index (χ1) is 14.4. The third kappa shape index (κ3) is 4.45. The minimum atomic E-state index is -3.56. The molecule has 4 rings (SSSR count). The third-order valence-electron chi connectivity index (χ3n) is 4.96. The average Bonchev–Trinajstić information content (AvgIpc) is 2.78. The number of ether oxygens (including phenoxy) is 2. The standard InChI is InChI=1S/C21H21ClN2O5S/c22-18-14-17(15-19-20(18)29-12-11-28-19)21(25)23-7-9-24(10-8-23)30(26,27)13-6-16-4-2-1-3-5-16/h1-6,13-15H,7-12H2. The van der Waals surface area contributed by atoms with Gasteiger partial charge in [0.2, 0.25) is 10.0 Å². The van der Waals surface area contributed by atoms with Crippen molar-refractivity contribution in [2.75, 3.05) is 39.4 Å². The maximum atomic E-state index is 12.9. The van der Waals surface area contributed by atoms with Crippen molar-refractivity contribution >= 4 is 33.6 Å². The molecule has 0 radical (unpaired) electrons. The van der Waals surface area contributed by atoms with Gasteiger partial charge in [-0.1, -0.05) is 41.9 Å². The van der Waals surface area contributed by atoms with Gasteiger partial charge in [-0.15, -0.1) is 0 Å². The smallest absolute Gasteiger partial charge is 0.254 e. The van der Waals surface area contributed by atoms with Crippen LogP contribution in [0.4, 0.5) is 0 Å². The summed E-state index contributed by atoms with van der Waals surface area (Å²) in [4.78, 5) is 14.5. The SMILES string of the molecule is O=C(c1cc(Cl)c2c(c1)OCCO2)N1CCN(S(=O)(=O)C=Cc2ccccc2)CC1. The number of hydrogen-bond donors (Lipinski definition) is 0. The van der Waals surface area contributed by atoms with Crippen molar-refractivity contribution in [3.05, 3.63) is 64.0 Å². The molecule has 0 N–H and O–H groups in total. The van der Waals surface area contributed by atoms with Gasteiger partial charge in [0.05, 0.1) is 5.02 Å². The molecule has 0 atom stereocenters. The summed E-state index contributed by atoms with van der Waals surface area (Å²) in [5, 5.41) is 1.53. The van der Waals surface area contributed by atoms with Crippen molar-refractivity contribution in [2.24, 2.45) is 0 Å². The van der Waals surface area contributed by atoms with E-state index in [2.05, 4.69) is 0 Å². The number of nitrogens with zero attached hydrogens (tertiary/aromatic N) is 2. The van der Waals surface area contributed by atoms with E-state index in [0.717, 1.165) is 5.56 Å². The molecular formula is C21H21ClN2O5S. The van der Waals surface area contributed by atoms with Crippen molar-refractivity contribution in [1.29, 1.82) is 0 Å². The van der Waals surface area contributed by atoms with Crippen molar-refractivity contribution in [2.45, 2.75) is 0 Å². The van der Waals surface area contributed by atoms with Crippen LogP contribution in [0.15, 0.2) is 47.9 Å². The number of benzene rings is 2. The van der Waals surface area contributed by atoms with Crippen LogP contribution in [0, 0.1) is 0 Å². The van der Waals surface area contributed by atoms with Crippen LogP contribution in [0.2, 0.25) is 5.02 Å². The molecule has 2 aromatic carbocycles. The summed E-state index contributed by atoms with van der Waals surface area (Å²) in [5.74, 6) is 0.677. The molecule has 0 aliphatic carbocycles. The highest BCUT2D eigenvalue weighted by Gasteiger charge is 2.29. The number of sulfonamides is 1. The monoisotopic (exact) mass is 448 g/mol. The van der Waals surface area contributed by atoms with Crippen LogP contribution in [0.1, 0.15) is 15.9 Å². The highest BCUT2D eigenvalue weighted by molar-refractivity contribution is 7.92. The molecule has 2 aliphatic rings. The second-order valence-corrected chi connectivity index (χ2v) is 9.16. The van der Waals surface area contributed by atoms with Gasteiger partial charge in [-0.05, 0) is 23.8 Å². The number of halogens is 1. The number of hydrogen-bond acceptors (Lipinski definition) is 5. The number of piperazine rings is 1. The van der Waals surface area contributed by atoms with E-state index in [1.165, 1.54) is 9.71 Å². The largest absolute Gasteiger partial charge is 0.486 e. The molecule has 0 aromatic heterocycles. The second kappa shape index (κ2) is 8.67. The van der Waals surface area contributed by atoms with E-state index in [9.17, 15) is 13.2 Å². The number of amides is 1. The van der Waals surface area contributed by atoms with Gasteiger partial charge in [0.15, 0.2) is 11.5 Å². The van der Waals surface area contributed by atoms with Crippen molar-refractivity contribution in [3.8, 4) is 11.5 Å². The Morgan fingerprint density at radius 2 is 1.70 bits per heavy atom. The topological polar surface area (TPSA) is 76.2 Å². The first-order valence-electron chi connectivity index (χ1n) is 9.56. The lowest BCUT2D eigenvalue weighted by molar-refractivity contribution is 0.0697. The molecule has 0 unspecified atom stereocenters. The Balaban J connectivity index is 1.41. The Morgan fingerprint density at radius 3 is 2.43 bits per heavy atom. The van der Waals surface area contributed by atoms with Gasteiger partial charge in [0, 0.05) is 37.2 Å². The van der Waals surface area contributed by atoms with Gasteiger partial charge in [0.1, 0.15) is 13.2 Å². The third-order valence-corrected chi connectivity index (χ3v) is 6.81. The molecule has 30 heavy (non-hydrogen) atoms. The Morgan fingerprint density at radius 1 is 1.00 bits per heavy atom. The molecule has 2 aliphatic heterocycles. The fourth-order valence-corrected chi connectivity index (χ4v) is 4.82. The summed E-state index contributed by atoms with van der Waals surface area (Å²) in [6, 6.07) is 12.4. The van der Waals surface area contributed by atoms with Crippen LogP contribution in [0.3, 0.4) is 0 Å². The quantitative estimate of drug-likeness (QED) is 0.718. The van der Waals surface area contributed by atoms with E-state index >= 15 is 0 Å². The summed E-state index contributed by atoms with van der Waals surface area (Å²) in [7, 11) is -3.56. The summed E-state index contributed by atoms with van der Waals surface area (Å²) in [6.45, 7) is 1.85. The molecule has 1 saturated heterocycles. The molecule has 0 spiro atoms. The van der Waals surface area contributed by atoms with E-state index in [-0.39, 0.29) is 19.0 Å². The normalized spacial score (nSPS) is 17.3. The van der Waals surface area contributed by atoms with E-state index in [1.54, 1.807) is 23.1 Å². The Bertz CT molecular complexity index is 1060. The number of carbonyl (C=O) groups is 1. The van der Waals surface area contributed by atoms with Gasteiger partial charge < -0.3 is 14.4 Å². The predicted octanol–water partition coefficient (Wildman–Crippen LogP) is 2.87. The summed E-state index contributed by atoms with van der Waals surface area (Å²) in [6.07, 6.45) is 1.57. The number of fused-ring (bicyclic) bond motifs is 1. The Hall–Kier alpha value is -2.55. The van der Waals surface area contributed by atoms with Crippen LogP contribution in [0.5, 0.6) is 11.5 Å². The zero-order chi connectivity index (χ0) is 21.1. The molecule has 2 heterocycles. The van der Waals surface area contributed by atoms with Crippen LogP contribution in [-0.4, -0.2) is 62.9 Å². The highest BCUT2D eigenvalue weighted by Crippen LogP contribution is 2.38. The predicted molar refractivity (Wildman–Crippen MR) is 114 cm³/mol. The van der Waals surface area contributed by atoms with Crippen LogP contribution < -0.4 is 9.47 Å². The van der Waals surface area contributed by atoms with E-state index < -0.39 is 10.0 Å². The molecule has 1 amide bonds. The van der Waals surface area contributed by atoms with Crippen LogP contribution >= 0.6 is 11.6 Å². The molecule has 2 aromatic rings. The minimum Gasteiger partial charge on any atom is -0.486 e. The van der Waals surface area contributed by atoms with E-state index in [0.29, 0.717) is 48.4 Å². The fraction of sp³-hybridized carbons (Fsp3) is 0.286. The van der Waals surface area contributed by atoms with Crippen molar-refractivity contribution in [3.63, 3.8) is 0 Å². The molecule has 0 saturated carbocycles. The fourth-order valence-electron chi connectivity index (χ4n) is 3.38. The van der Waals surface area contributed by atoms with Crippen LogP contribution in [-0.2, 0) is 10.0 Å².